The topological polar surface area (TPSA) is 102 Å². The Balaban J connectivity index is 1.86. The van der Waals surface area contributed by atoms with Gasteiger partial charge in [-0.1, -0.05) is 6.07 Å². The number of aromatic nitrogens is 3. The largest absolute Gasteiger partial charge is 0.497 e. The molecule has 8 heteroatoms. The number of nitrogens with one attached hydrogen (secondary N) is 1. The summed E-state index contributed by atoms with van der Waals surface area (Å²) >= 11 is 0. The molecule has 0 unspecified atom stereocenters. The molecule has 0 fully saturated rings. The van der Waals surface area contributed by atoms with Crippen LogP contribution in [0, 0.1) is 18.3 Å². The highest BCUT2D eigenvalue weighted by atomic mass is 16.5. The predicted octanol–water partition coefficient (Wildman–Crippen LogP) is 2.73. The first-order chi connectivity index (χ1) is 14.9. The second-order valence-corrected chi connectivity index (χ2v) is 7.08. The minimum absolute atomic E-state index is 0.244. The summed E-state index contributed by atoms with van der Waals surface area (Å²) in [5.74, 6) is 1.23. The molecule has 2 aromatic carbocycles. The van der Waals surface area contributed by atoms with Gasteiger partial charge in [-0.2, -0.15) is 5.26 Å². The lowest BCUT2D eigenvalue weighted by Crippen LogP contribution is -2.24. The Morgan fingerprint density at radius 1 is 1.03 bits per heavy atom. The molecule has 0 saturated carbocycles. The summed E-state index contributed by atoms with van der Waals surface area (Å²) in [6.45, 7) is 2.00. The van der Waals surface area contributed by atoms with Crippen LogP contribution in [0.3, 0.4) is 0 Å². The summed E-state index contributed by atoms with van der Waals surface area (Å²) in [6.07, 6.45) is 0. The highest BCUT2D eigenvalue weighted by Gasteiger charge is 2.16. The van der Waals surface area contributed by atoms with Gasteiger partial charge in [0.05, 0.1) is 49.0 Å². The van der Waals surface area contributed by atoms with Crippen molar-refractivity contribution in [3.05, 3.63) is 86.1 Å². The van der Waals surface area contributed by atoms with Crippen molar-refractivity contribution in [2.24, 2.45) is 0 Å². The highest BCUT2D eigenvalue weighted by Crippen LogP contribution is 2.23. The molecule has 156 valence electrons. The first-order valence-electron chi connectivity index (χ1n) is 9.53. The van der Waals surface area contributed by atoms with Gasteiger partial charge in [-0.3, -0.25) is 14.7 Å². The number of aryl methyl sites for hydroxylation is 1. The van der Waals surface area contributed by atoms with Crippen LogP contribution in [0.1, 0.15) is 16.8 Å². The van der Waals surface area contributed by atoms with E-state index in [2.05, 4.69) is 11.2 Å². The van der Waals surface area contributed by atoms with Crippen molar-refractivity contribution in [1.29, 1.82) is 5.26 Å². The standard InChI is InChI=1S/C23H20N4O4/c1-14-22-20(25-27(23(22)29)17-6-4-5-15(7-17)12-24)11-21(28)26(14)13-16-8-18(30-2)10-19(9-16)31-3/h4-11,25H,13H2,1-3H3. The molecule has 0 amide bonds. The minimum atomic E-state index is -0.292. The van der Waals surface area contributed by atoms with Crippen LogP contribution < -0.4 is 20.6 Å². The molecule has 2 aromatic heterocycles. The van der Waals surface area contributed by atoms with E-state index in [0.717, 1.165) is 5.56 Å². The minimum Gasteiger partial charge on any atom is -0.497 e. The van der Waals surface area contributed by atoms with Gasteiger partial charge in [0.1, 0.15) is 11.5 Å². The van der Waals surface area contributed by atoms with Crippen LogP contribution in [-0.2, 0) is 6.54 Å². The van der Waals surface area contributed by atoms with Gasteiger partial charge in [0.25, 0.3) is 11.1 Å². The molecule has 0 aliphatic heterocycles. The number of ether oxygens (including phenoxy) is 2. The zero-order valence-corrected chi connectivity index (χ0v) is 17.3. The van der Waals surface area contributed by atoms with Crippen molar-refractivity contribution < 1.29 is 9.47 Å². The first-order valence-corrected chi connectivity index (χ1v) is 9.53. The maximum atomic E-state index is 13.2. The number of methoxy groups -OCH3 is 2. The van der Waals surface area contributed by atoms with Crippen molar-refractivity contribution in [3.63, 3.8) is 0 Å². The molecule has 0 bridgehead atoms. The molecule has 31 heavy (non-hydrogen) atoms. The zero-order valence-electron chi connectivity index (χ0n) is 17.3. The Bertz CT molecular complexity index is 1430. The summed E-state index contributed by atoms with van der Waals surface area (Å²) in [4.78, 5) is 26.0. The quantitative estimate of drug-likeness (QED) is 0.539. The second-order valence-electron chi connectivity index (χ2n) is 7.08. The van der Waals surface area contributed by atoms with Gasteiger partial charge >= 0.3 is 0 Å². The Kier molecular flexibility index (Phi) is 5.09. The van der Waals surface area contributed by atoms with E-state index in [1.165, 1.54) is 10.7 Å². The highest BCUT2D eigenvalue weighted by molar-refractivity contribution is 5.80. The van der Waals surface area contributed by atoms with E-state index in [4.69, 9.17) is 14.7 Å². The van der Waals surface area contributed by atoms with Gasteiger partial charge in [-0.15, -0.1) is 0 Å². The monoisotopic (exact) mass is 416 g/mol. The van der Waals surface area contributed by atoms with Crippen molar-refractivity contribution in [1.82, 2.24) is 14.3 Å². The Hall–Kier alpha value is -4.25. The summed E-state index contributed by atoms with van der Waals surface area (Å²) in [6, 6.07) is 15.6. The molecular formula is C23H20N4O4. The molecular weight excluding hydrogens is 396 g/mol. The number of aromatic amines is 1. The average Bonchev–Trinajstić information content (AvgIpc) is 3.12. The SMILES string of the molecule is COc1cc(Cn2c(C)c3c(=O)n(-c4cccc(C#N)c4)[nH]c3cc2=O)cc(OC)c1. The van der Waals surface area contributed by atoms with Gasteiger partial charge in [0.15, 0.2) is 0 Å². The normalized spacial score (nSPS) is 10.8. The molecule has 0 aliphatic carbocycles. The van der Waals surface area contributed by atoms with Crippen LogP contribution in [-0.4, -0.2) is 28.6 Å². The van der Waals surface area contributed by atoms with Crippen LogP contribution in [0.25, 0.3) is 16.6 Å². The van der Waals surface area contributed by atoms with E-state index in [-0.39, 0.29) is 17.7 Å². The molecule has 0 saturated heterocycles. The van der Waals surface area contributed by atoms with Crippen LogP contribution in [0.15, 0.2) is 58.1 Å². The molecule has 8 nitrogen and oxygen atoms in total. The smallest absolute Gasteiger partial charge is 0.280 e. The lowest BCUT2D eigenvalue weighted by Gasteiger charge is -2.12. The Labute approximate surface area is 177 Å². The van der Waals surface area contributed by atoms with Gasteiger partial charge in [-0.05, 0) is 42.8 Å². The first kappa shape index (κ1) is 20.0. The average molecular weight is 416 g/mol. The lowest BCUT2D eigenvalue weighted by molar-refractivity contribution is 0.393. The number of fused-ring (bicyclic) bond motifs is 1. The zero-order chi connectivity index (χ0) is 22.1. The molecule has 2 heterocycles. The predicted molar refractivity (Wildman–Crippen MR) is 116 cm³/mol. The molecule has 0 radical (unpaired) electrons. The fraction of sp³-hybridized carbons (Fsp3) is 0.174. The number of benzene rings is 2. The summed E-state index contributed by atoms with van der Waals surface area (Å²) in [7, 11) is 3.12. The fourth-order valence-electron chi connectivity index (χ4n) is 3.64. The van der Waals surface area contributed by atoms with Gasteiger partial charge in [0.2, 0.25) is 0 Å². The number of rotatable bonds is 5. The second kappa shape index (κ2) is 7.88. The summed E-state index contributed by atoms with van der Waals surface area (Å²) < 4.78 is 13.5. The maximum Gasteiger partial charge on any atom is 0.280 e. The number of hydrogen-bond donors (Lipinski definition) is 1. The van der Waals surface area contributed by atoms with E-state index in [9.17, 15) is 9.59 Å². The van der Waals surface area contributed by atoms with Crippen LogP contribution >= 0.6 is 0 Å². The van der Waals surface area contributed by atoms with Crippen molar-refractivity contribution in [3.8, 4) is 23.3 Å². The van der Waals surface area contributed by atoms with E-state index < -0.39 is 0 Å². The third-order valence-electron chi connectivity index (χ3n) is 5.20. The molecule has 1 N–H and O–H groups in total. The van der Waals surface area contributed by atoms with Crippen LogP contribution in [0.4, 0.5) is 0 Å². The van der Waals surface area contributed by atoms with Crippen LogP contribution in [0.5, 0.6) is 11.5 Å². The van der Waals surface area contributed by atoms with Crippen molar-refractivity contribution in [2.75, 3.05) is 14.2 Å². The van der Waals surface area contributed by atoms with Gasteiger partial charge < -0.3 is 14.0 Å². The lowest BCUT2D eigenvalue weighted by atomic mass is 10.1. The summed E-state index contributed by atoms with van der Waals surface area (Å²) in [5, 5.41) is 12.5. The van der Waals surface area contributed by atoms with E-state index in [1.54, 1.807) is 56.0 Å². The Morgan fingerprint density at radius 2 is 1.74 bits per heavy atom. The maximum absolute atomic E-state index is 13.2. The third-order valence-corrected chi connectivity index (χ3v) is 5.20. The molecule has 4 rings (SSSR count). The number of H-pyrrole nitrogens is 1. The number of nitrogens with zero attached hydrogens (tertiary/aromatic N) is 3. The van der Waals surface area contributed by atoms with Crippen molar-refractivity contribution in [2.45, 2.75) is 13.5 Å². The number of nitriles is 1. The van der Waals surface area contributed by atoms with Crippen molar-refractivity contribution >= 4 is 10.9 Å². The fourth-order valence-corrected chi connectivity index (χ4v) is 3.64. The third kappa shape index (κ3) is 3.57. The van der Waals surface area contributed by atoms with Crippen LogP contribution in [0.2, 0.25) is 0 Å². The molecule has 4 aromatic rings. The Morgan fingerprint density at radius 3 is 2.39 bits per heavy atom. The summed E-state index contributed by atoms with van der Waals surface area (Å²) in [5.41, 5.74) is 2.21. The molecule has 0 aliphatic rings. The molecule has 0 spiro atoms. The van der Waals surface area contributed by atoms with Gasteiger partial charge in [0, 0.05) is 17.8 Å². The van der Waals surface area contributed by atoms with Gasteiger partial charge in [-0.25, -0.2) is 4.68 Å². The van der Waals surface area contributed by atoms with E-state index in [0.29, 0.717) is 39.3 Å². The number of hydrogen-bond acceptors (Lipinski definition) is 5. The molecule has 0 atom stereocenters. The van der Waals surface area contributed by atoms with E-state index in [1.807, 2.05) is 12.1 Å². The number of pyridine rings is 1. The van der Waals surface area contributed by atoms with E-state index >= 15 is 0 Å².